The first-order chi connectivity index (χ1) is 20.4. The van der Waals surface area contributed by atoms with Crippen molar-refractivity contribution in [2.24, 2.45) is 0 Å². The summed E-state index contributed by atoms with van der Waals surface area (Å²) in [6.07, 6.45) is 1.08. The van der Waals surface area contributed by atoms with Crippen LogP contribution in [-0.4, -0.2) is 58.0 Å². The minimum Gasteiger partial charge on any atom is -0.493 e. The van der Waals surface area contributed by atoms with Crippen LogP contribution in [0.3, 0.4) is 0 Å². The molecule has 0 radical (unpaired) electrons. The minimum atomic E-state index is -4.21. The van der Waals surface area contributed by atoms with E-state index in [1.165, 1.54) is 37.3 Å². The summed E-state index contributed by atoms with van der Waals surface area (Å²) in [5.74, 6) is -0.0679. The van der Waals surface area contributed by atoms with E-state index in [0.717, 1.165) is 27.4 Å². The van der Waals surface area contributed by atoms with E-state index < -0.39 is 28.5 Å². The van der Waals surface area contributed by atoms with Gasteiger partial charge in [-0.2, -0.15) is 0 Å². The number of nitrogens with zero attached hydrogens (tertiary/aromatic N) is 2. The van der Waals surface area contributed by atoms with E-state index in [0.29, 0.717) is 17.9 Å². The molecule has 0 saturated carbocycles. The van der Waals surface area contributed by atoms with Crippen molar-refractivity contribution in [3.8, 4) is 11.5 Å². The van der Waals surface area contributed by atoms with Crippen molar-refractivity contribution < 1.29 is 27.5 Å². The van der Waals surface area contributed by atoms with Crippen molar-refractivity contribution in [2.75, 3.05) is 25.1 Å². The largest absolute Gasteiger partial charge is 0.493 e. The van der Waals surface area contributed by atoms with E-state index in [-0.39, 0.29) is 29.1 Å². The Labute approximate surface area is 255 Å². The monoisotopic (exact) mass is 609 g/mol. The Morgan fingerprint density at radius 3 is 2.12 bits per heavy atom. The summed E-state index contributed by atoms with van der Waals surface area (Å²) in [6.45, 7) is 9.14. The number of hydrogen-bond donors (Lipinski definition) is 1. The first-order valence-electron chi connectivity index (χ1n) is 14.4. The van der Waals surface area contributed by atoms with Crippen LogP contribution in [0.25, 0.3) is 0 Å². The van der Waals surface area contributed by atoms with Gasteiger partial charge >= 0.3 is 0 Å². The van der Waals surface area contributed by atoms with Gasteiger partial charge in [-0.1, -0.05) is 61.4 Å². The predicted octanol–water partition coefficient (Wildman–Crippen LogP) is 5.24. The van der Waals surface area contributed by atoms with Crippen LogP contribution in [0, 0.1) is 13.8 Å². The molecule has 9 nitrogen and oxygen atoms in total. The average molecular weight is 610 g/mol. The number of benzene rings is 3. The molecule has 0 spiro atoms. The summed E-state index contributed by atoms with van der Waals surface area (Å²) in [5, 5.41) is 2.99. The molecule has 2 amide bonds. The zero-order valence-corrected chi connectivity index (χ0v) is 26.9. The summed E-state index contributed by atoms with van der Waals surface area (Å²) in [6, 6.07) is 17.9. The van der Waals surface area contributed by atoms with Crippen molar-refractivity contribution >= 4 is 27.5 Å². The highest BCUT2D eigenvalue weighted by atomic mass is 32.2. The number of carbonyl (C=O) groups excluding carboxylic acids is 2. The molecule has 3 aromatic rings. The van der Waals surface area contributed by atoms with Crippen LogP contribution in [0.2, 0.25) is 0 Å². The van der Waals surface area contributed by atoms with Crippen molar-refractivity contribution in [3.63, 3.8) is 0 Å². The van der Waals surface area contributed by atoms with Crippen molar-refractivity contribution in [3.05, 3.63) is 83.4 Å². The molecule has 232 valence electrons. The standard InChI is InChI=1S/C33H43N3O6S/c1-8-25(5)34-33(38)29(9-2)35(21-26-12-10-11-24(4)19-26)32(37)22-36(27-15-18-30(41-6)31(20-27)42-7)43(39,40)28-16-13-23(3)14-17-28/h10-20,25,29H,8-9,21-22H2,1-7H3,(H,34,38)/t25-,29-/m0/s1. The fraction of sp³-hybridized carbons (Fsp3) is 0.394. The predicted molar refractivity (Wildman–Crippen MR) is 169 cm³/mol. The number of amides is 2. The highest BCUT2D eigenvalue weighted by molar-refractivity contribution is 7.92. The topological polar surface area (TPSA) is 105 Å². The van der Waals surface area contributed by atoms with Crippen LogP contribution in [0.5, 0.6) is 11.5 Å². The second-order valence-corrected chi connectivity index (χ2v) is 12.5. The number of anilines is 1. The zero-order valence-electron chi connectivity index (χ0n) is 26.1. The average Bonchev–Trinajstić information content (AvgIpc) is 2.99. The van der Waals surface area contributed by atoms with Gasteiger partial charge in [-0.15, -0.1) is 0 Å². The van der Waals surface area contributed by atoms with Gasteiger partial charge in [0.2, 0.25) is 11.8 Å². The highest BCUT2D eigenvalue weighted by Gasteiger charge is 2.34. The zero-order chi connectivity index (χ0) is 31.7. The summed E-state index contributed by atoms with van der Waals surface area (Å²) in [7, 11) is -1.27. The Kier molecular flexibility index (Phi) is 11.6. The maximum atomic E-state index is 14.3. The van der Waals surface area contributed by atoms with Gasteiger partial charge in [0, 0.05) is 18.7 Å². The van der Waals surface area contributed by atoms with Gasteiger partial charge in [0.05, 0.1) is 24.8 Å². The molecular formula is C33H43N3O6S. The fourth-order valence-corrected chi connectivity index (χ4v) is 6.12. The molecule has 0 aliphatic rings. The molecule has 43 heavy (non-hydrogen) atoms. The van der Waals surface area contributed by atoms with E-state index in [1.54, 1.807) is 24.3 Å². The molecule has 0 heterocycles. The lowest BCUT2D eigenvalue weighted by Crippen LogP contribution is -2.53. The molecule has 1 N–H and O–H groups in total. The Bertz CT molecular complexity index is 1510. The number of carbonyl (C=O) groups is 2. The lowest BCUT2D eigenvalue weighted by Gasteiger charge is -2.34. The van der Waals surface area contributed by atoms with E-state index in [1.807, 2.05) is 58.9 Å². The van der Waals surface area contributed by atoms with E-state index in [2.05, 4.69) is 5.32 Å². The molecule has 0 fully saturated rings. The normalized spacial score (nSPS) is 12.6. The summed E-state index contributed by atoms with van der Waals surface area (Å²) < 4.78 is 40.1. The Morgan fingerprint density at radius 2 is 1.53 bits per heavy atom. The smallest absolute Gasteiger partial charge is 0.264 e. The molecule has 0 aliphatic heterocycles. The maximum Gasteiger partial charge on any atom is 0.264 e. The lowest BCUT2D eigenvalue weighted by atomic mass is 10.1. The number of rotatable bonds is 14. The number of hydrogen-bond acceptors (Lipinski definition) is 6. The Hall–Kier alpha value is -4.05. The SMILES string of the molecule is CC[C@H](C)NC(=O)[C@H](CC)N(Cc1cccc(C)c1)C(=O)CN(c1ccc(OC)c(OC)c1)S(=O)(=O)c1ccc(C)cc1. The third kappa shape index (κ3) is 8.28. The van der Waals surface area contributed by atoms with Crippen LogP contribution < -0.4 is 19.1 Å². The number of ether oxygens (including phenoxy) is 2. The number of aryl methyl sites for hydroxylation is 2. The van der Waals surface area contributed by atoms with Crippen LogP contribution in [0.4, 0.5) is 5.69 Å². The third-order valence-corrected chi connectivity index (χ3v) is 9.15. The molecule has 0 aromatic heterocycles. The van der Waals surface area contributed by atoms with Crippen LogP contribution in [0.1, 0.15) is 50.3 Å². The summed E-state index contributed by atoms with van der Waals surface area (Å²) in [4.78, 5) is 29.2. The second kappa shape index (κ2) is 14.9. The summed E-state index contributed by atoms with van der Waals surface area (Å²) >= 11 is 0. The lowest BCUT2D eigenvalue weighted by molar-refractivity contribution is -0.140. The summed E-state index contributed by atoms with van der Waals surface area (Å²) in [5.41, 5.74) is 2.97. The van der Waals surface area contributed by atoms with Gasteiger partial charge in [0.15, 0.2) is 11.5 Å². The molecule has 0 bridgehead atoms. The van der Waals surface area contributed by atoms with E-state index >= 15 is 0 Å². The van der Waals surface area contributed by atoms with Gasteiger partial charge in [-0.3, -0.25) is 13.9 Å². The molecule has 0 aliphatic carbocycles. The van der Waals surface area contributed by atoms with Gasteiger partial charge < -0.3 is 19.7 Å². The maximum absolute atomic E-state index is 14.3. The highest BCUT2D eigenvalue weighted by Crippen LogP contribution is 2.34. The van der Waals surface area contributed by atoms with Crippen LogP contribution in [0.15, 0.2) is 71.6 Å². The Balaban J connectivity index is 2.12. The fourth-order valence-electron chi connectivity index (χ4n) is 4.71. The number of nitrogens with one attached hydrogen (secondary N) is 1. The van der Waals surface area contributed by atoms with Crippen molar-refractivity contribution in [2.45, 2.75) is 71.0 Å². The number of methoxy groups -OCH3 is 2. The van der Waals surface area contributed by atoms with Crippen molar-refractivity contribution in [1.82, 2.24) is 10.2 Å². The molecule has 0 saturated heterocycles. The first kappa shape index (κ1) is 33.5. The van der Waals surface area contributed by atoms with Gasteiger partial charge in [-0.25, -0.2) is 8.42 Å². The quantitative estimate of drug-likeness (QED) is 0.268. The van der Waals surface area contributed by atoms with E-state index in [9.17, 15) is 18.0 Å². The second-order valence-electron chi connectivity index (χ2n) is 10.6. The molecule has 3 aromatic carbocycles. The van der Waals surface area contributed by atoms with Crippen LogP contribution >= 0.6 is 0 Å². The van der Waals surface area contributed by atoms with Gasteiger partial charge in [0.1, 0.15) is 12.6 Å². The molecular weight excluding hydrogens is 566 g/mol. The molecule has 3 rings (SSSR count). The third-order valence-electron chi connectivity index (χ3n) is 7.37. The Morgan fingerprint density at radius 1 is 0.860 bits per heavy atom. The van der Waals surface area contributed by atoms with Gasteiger partial charge in [0.25, 0.3) is 10.0 Å². The minimum absolute atomic E-state index is 0.0347. The van der Waals surface area contributed by atoms with E-state index in [4.69, 9.17) is 9.47 Å². The van der Waals surface area contributed by atoms with Crippen molar-refractivity contribution in [1.29, 1.82) is 0 Å². The molecule has 0 unspecified atom stereocenters. The van der Waals surface area contributed by atoms with Crippen LogP contribution in [-0.2, 0) is 26.2 Å². The molecule has 2 atom stereocenters. The number of sulfonamides is 1. The van der Waals surface area contributed by atoms with Gasteiger partial charge in [-0.05, 0) is 63.4 Å². The first-order valence-corrected chi connectivity index (χ1v) is 15.9. The molecule has 10 heteroatoms.